The van der Waals surface area contributed by atoms with E-state index in [1.54, 1.807) is 0 Å². The molecule has 0 aromatic carbocycles. The summed E-state index contributed by atoms with van der Waals surface area (Å²) in [4.78, 5) is 0. The van der Waals surface area contributed by atoms with Gasteiger partial charge >= 0.3 is 0 Å². The van der Waals surface area contributed by atoms with Crippen molar-refractivity contribution in [2.45, 2.75) is 25.9 Å². The number of hydrogen-bond donors (Lipinski definition) is 2. The van der Waals surface area contributed by atoms with Gasteiger partial charge in [-0.25, -0.2) is 0 Å². The maximum absolute atomic E-state index is 5.62. The molecular formula is C10H18N4O. The van der Waals surface area contributed by atoms with Crippen molar-refractivity contribution in [2.24, 2.45) is 11.8 Å². The van der Waals surface area contributed by atoms with E-state index >= 15 is 0 Å². The number of ether oxygens (including phenoxy) is 1. The first-order valence-electron chi connectivity index (χ1n) is 5.42. The third kappa shape index (κ3) is 2.04. The van der Waals surface area contributed by atoms with Crippen LogP contribution in [0.5, 0.6) is 0 Å². The Morgan fingerprint density at radius 2 is 2.67 bits per heavy atom. The fraction of sp³-hybridized carbons (Fsp3) is 0.700. The van der Waals surface area contributed by atoms with Crippen LogP contribution in [0.15, 0.2) is 12.3 Å². The minimum atomic E-state index is 0.148. The van der Waals surface area contributed by atoms with Gasteiger partial charge in [0, 0.05) is 25.3 Å². The topological polar surface area (TPSA) is 65.1 Å². The zero-order valence-electron chi connectivity index (χ0n) is 9.02. The maximum atomic E-state index is 5.62. The second-order valence-electron chi connectivity index (χ2n) is 3.84. The van der Waals surface area contributed by atoms with Crippen molar-refractivity contribution in [1.29, 1.82) is 0 Å². The molecule has 2 unspecified atom stereocenters. The molecule has 0 radical (unpaired) electrons. The van der Waals surface area contributed by atoms with Crippen molar-refractivity contribution in [1.82, 2.24) is 15.2 Å². The highest BCUT2D eigenvalue weighted by molar-refractivity contribution is 5.08. The molecule has 0 spiro atoms. The zero-order valence-corrected chi connectivity index (χ0v) is 9.02. The quantitative estimate of drug-likeness (QED) is 0.559. The van der Waals surface area contributed by atoms with E-state index in [9.17, 15) is 0 Å². The first-order valence-corrected chi connectivity index (χ1v) is 5.42. The SMILES string of the molecule is CCn1nccc1C(NN)C1CCOC1. The van der Waals surface area contributed by atoms with E-state index in [0.717, 1.165) is 31.9 Å². The molecule has 84 valence electrons. The highest BCUT2D eigenvalue weighted by atomic mass is 16.5. The summed E-state index contributed by atoms with van der Waals surface area (Å²) in [7, 11) is 0. The predicted molar refractivity (Wildman–Crippen MR) is 56.9 cm³/mol. The molecule has 15 heavy (non-hydrogen) atoms. The van der Waals surface area contributed by atoms with Crippen LogP contribution < -0.4 is 11.3 Å². The van der Waals surface area contributed by atoms with Gasteiger partial charge in [-0.15, -0.1) is 0 Å². The van der Waals surface area contributed by atoms with Crippen molar-refractivity contribution in [3.63, 3.8) is 0 Å². The number of nitrogens with one attached hydrogen (secondary N) is 1. The van der Waals surface area contributed by atoms with Crippen LogP contribution in [-0.2, 0) is 11.3 Å². The van der Waals surface area contributed by atoms with Crippen LogP contribution >= 0.6 is 0 Å². The Labute approximate surface area is 89.6 Å². The van der Waals surface area contributed by atoms with Crippen molar-refractivity contribution in [3.05, 3.63) is 18.0 Å². The summed E-state index contributed by atoms with van der Waals surface area (Å²) < 4.78 is 7.36. The Balaban J connectivity index is 2.17. The van der Waals surface area contributed by atoms with Gasteiger partial charge in [0.15, 0.2) is 0 Å². The van der Waals surface area contributed by atoms with Crippen LogP contribution in [0, 0.1) is 5.92 Å². The molecule has 3 N–H and O–H groups in total. The Kier molecular flexibility index (Phi) is 3.35. The van der Waals surface area contributed by atoms with Crippen LogP contribution in [0.25, 0.3) is 0 Å². The van der Waals surface area contributed by atoms with Crippen LogP contribution in [0.3, 0.4) is 0 Å². The fourth-order valence-electron chi connectivity index (χ4n) is 2.15. The van der Waals surface area contributed by atoms with Gasteiger partial charge in [-0.3, -0.25) is 16.0 Å². The molecule has 1 aromatic rings. The van der Waals surface area contributed by atoms with Gasteiger partial charge in [0.1, 0.15) is 0 Å². The number of aryl methyl sites for hydroxylation is 1. The lowest BCUT2D eigenvalue weighted by Crippen LogP contribution is -2.35. The molecule has 1 fully saturated rings. The largest absolute Gasteiger partial charge is 0.381 e. The Hall–Kier alpha value is -0.910. The zero-order chi connectivity index (χ0) is 10.7. The van der Waals surface area contributed by atoms with Gasteiger partial charge < -0.3 is 4.74 Å². The molecule has 1 saturated heterocycles. The van der Waals surface area contributed by atoms with E-state index in [-0.39, 0.29) is 6.04 Å². The smallest absolute Gasteiger partial charge is 0.0679 e. The molecule has 5 heteroatoms. The van der Waals surface area contributed by atoms with E-state index in [1.807, 2.05) is 16.9 Å². The molecular weight excluding hydrogens is 192 g/mol. The maximum Gasteiger partial charge on any atom is 0.0679 e. The van der Waals surface area contributed by atoms with Gasteiger partial charge in [-0.1, -0.05) is 0 Å². The second-order valence-corrected chi connectivity index (χ2v) is 3.84. The van der Waals surface area contributed by atoms with Crippen LogP contribution in [0.1, 0.15) is 25.1 Å². The van der Waals surface area contributed by atoms with Crippen molar-refractivity contribution >= 4 is 0 Å². The summed E-state index contributed by atoms with van der Waals surface area (Å²) in [5.74, 6) is 6.08. The average molecular weight is 210 g/mol. The molecule has 0 bridgehead atoms. The number of aromatic nitrogens is 2. The second kappa shape index (κ2) is 4.74. The minimum Gasteiger partial charge on any atom is -0.381 e. The molecule has 1 aliphatic heterocycles. The Morgan fingerprint density at radius 3 is 3.27 bits per heavy atom. The molecule has 1 aromatic heterocycles. The van der Waals surface area contributed by atoms with Crippen LogP contribution in [-0.4, -0.2) is 23.0 Å². The van der Waals surface area contributed by atoms with Gasteiger partial charge in [0.05, 0.1) is 18.3 Å². The average Bonchev–Trinajstić information content (AvgIpc) is 2.89. The number of hydrazine groups is 1. The lowest BCUT2D eigenvalue weighted by molar-refractivity contribution is 0.175. The van der Waals surface area contributed by atoms with Crippen LogP contribution in [0.4, 0.5) is 0 Å². The van der Waals surface area contributed by atoms with E-state index in [4.69, 9.17) is 10.6 Å². The number of nitrogens with two attached hydrogens (primary N) is 1. The summed E-state index contributed by atoms with van der Waals surface area (Å²) in [5, 5.41) is 4.26. The molecule has 0 amide bonds. The normalized spacial score (nSPS) is 23.2. The number of hydrogen-bond acceptors (Lipinski definition) is 4. The van der Waals surface area contributed by atoms with E-state index < -0.39 is 0 Å². The molecule has 0 aliphatic carbocycles. The summed E-state index contributed by atoms with van der Waals surface area (Å²) >= 11 is 0. The van der Waals surface area contributed by atoms with E-state index in [0.29, 0.717) is 5.92 Å². The Bertz CT molecular complexity index is 306. The van der Waals surface area contributed by atoms with Crippen molar-refractivity contribution < 1.29 is 4.74 Å². The lowest BCUT2D eigenvalue weighted by atomic mass is 9.97. The first-order chi connectivity index (χ1) is 7.36. The predicted octanol–water partition coefficient (Wildman–Crippen LogP) is 0.444. The lowest BCUT2D eigenvalue weighted by Gasteiger charge is -2.22. The van der Waals surface area contributed by atoms with Crippen molar-refractivity contribution in [3.8, 4) is 0 Å². The summed E-state index contributed by atoms with van der Waals surface area (Å²) in [6.45, 7) is 4.57. The molecule has 2 heterocycles. The van der Waals surface area contributed by atoms with Gasteiger partial charge in [0.25, 0.3) is 0 Å². The summed E-state index contributed by atoms with van der Waals surface area (Å²) in [6.07, 6.45) is 2.88. The van der Waals surface area contributed by atoms with E-state index in [2.05, 4.69) is 17.4 Å². The van der Waals surface area contributed by atoms with Gasteiger partial charge in [-0.05, 0) is 19.4 Å². The number of rotatable bonds is 4. The Morgan fingerprint density at radius 1 is 1.80 bits per heavy atom. The summed E-state index contributed by atoms with van der Waals surface area (Å²) in [6, 6.07) is 2.17. The minimum absolute atomic E-state index is 0.148. The van der Waals surface area contributed by atoms with E-state index in [1.165, 1.54) is 0 Å². The fourth-order valence-corrected chi connectivity index (χ4v) is 2.15. The summed E-state index contributed by atoms with van der Waals surface area (Å²) in [5.41, 5.74) is 4.03. The highest BCUT2D eigenvalue weighted by Gasteiger charge is 2.28. The molecule has 1 aliphatic rings. The third-order valence-corrected chi connectivity index (χ3v) is 2.98. The number of nitrogens with zero attached hydrogens (tertiary/aromatic N) is 2. The first kappa shape index (κ1) is 10.6. The molecule has 0 saturated carbocycles. The standard InChI is InChI=1S/C10H18N4O/c1-2-14-9(3-5-12-14)10(13-11)8-4-6-15-7-8/h3,5,8,10,13H,2,4,6-7,11H2,1H3. The third-order valence-electron chi connectivity index (χ3n) is 2.98. The monoisotopic (exact) mass is 210 g/mol. The molecule has 5 nitrogen and oxygen atoms in total. The van der Waals surface area contributed by atoms with Crippen molar-refractivity contribution in [2.75, 3.05) is 13.2 Å². The highest BCUT2D eigenvalue weighted by Crippen LogP contribution is 2.27. The van der Waals surface area contributed by atoms with Gasteiger partial charge in [0.2, 0.25) is 0 Å². The van der Waals surface area contributed by atoms with Crippen LogP contribution in [0.2, 0.25) is 0 Å². The van der Waals surface area contributed by atoms with Gasteiger partial charge in [-0.2, -0.15) is 5.10 Å². The molecule has 2 rings (SSSR count). The molecule has 2 atom stereocenters.